The van der Waals surface area contributed by atoms with Crippen molar-refractivity contribution in [1.82, 2.24) is 9.37 Å². The normalized spacial score (nSPS) is 18.5. The summed E-state index contributed by atoms with van der Waals surface area (Å²) in [6, 6.07) is 6.34. The monoisotopic (exact) mass is 650 g/mol. The SMILES string of the molecule is O=C(c1cc(C2CC2)c(CN2CCC(OCc3ccc(F)cc3Cl)CC2)cc1F)N(OC(=O)C(F)(F)F)S(=O)(=O)C1CC1. The molecule has 2 aromatic carbocycles. The molecule has 1 saturated heterocycles. The number of alkyl halides is 3. The molecule has 0 unspecified atom stereocenters. The van der Waals surface area contributed by atoms with E-state index in [0.717, 1.165) is 25.0 Å². The van der Waals surface area contributed by atoms with Crippen molar-refractivity contribution < 1.29 is 49.5 Å². The van der Waals surface area contributed by atoms with Crippen LogP contribution in [-0.4, -0.2) is 60.3 Å². The summed E-state index contributed by atoms with van der Waals surface area (Å²) in [5.41, 5.74) is 1.02. The van der Waals surface area contributed by atoms with Gasteiger partial charge in [-0.2, -0.15) is 13.2 Å². The maximum absolute atomic E-state index is 15.4. The lowest BCUT2D eigenvalue weighted by atomic mass is 9.97. The lowest BCUT2D eigenvalue weighted by molar-refractivity contribution is -0.217. The Morgan fingerprint density at radius 1 is 0.977 bits per heavy atom. The van der Waals surface area contributed by atoms with E-state index in [1.807, 2.05) is 0 Å². The van der Waals surface area contributed by atoms with Gasteiger partial charge in [0.15, 0.2) is 0 Å². The quantitative estimate of drug-likeness (QED) is 0.257. The summed E-state index contributed by atoms with van der Waals surface area (Å²) < 4.78 is 98.1. The molecule has 15 heteroatoms. The van der Waals surface area contributed by atoms with E-state index in [9.17, 15) is 35.6 Å². The van der Waals surface area contributed by atoms with E-state index in [1.165, 1.54) is 12.1 Å². The third kappa shape index (κ3) is 7.47. The minimum Gasteiger partial charge on any atom is -0.373 e. The van der Waals surface area contributed by atoms with Crippen molar-refractivity contribution in [1.29, 1.82) is 0 Å². The van der Waals surface area contributed by atoms with Crippen LogP contribution >= 0.6 is 11.6 Å². The standard InChI is InChI=1S/C28H28ClF5N2O6S/c29-24-12-19(30)4-3-17(24)15-41-20-7-9-35(10-8-20)14-18-11-25(31)23(13-22(18)16-1-2-16)26(37)36(42-27(38)28(32,33)34)43(39,40)21-5-6-21/h3-4,11-13,16,20-21H,1-2,5-10,14-15H2. The molecular formula is C28H28ClF5N2O6S. The molecule has 8 nitrogen and oxygen atoms in total. The number of ether oxygens (including phenoxy) is 1. The van der Waals surface area contributed by atoms with Crippen LogP contribution in [0, 0.1) is 11.6 Å². The van der Waals surface area contributed by atoms with Gasteiger partial charge < -0.3 is 9.57 Å². The summed E-state index contributed by atoms with van der Waals surface area (Å²) in [4.78, 5) is 30.7. The smallest absolute Gasteiger partial charge is 0.373 e. The summed E-state index contributed by atoms with van der Waals surface area (Å²) in [7, 11) is -4.80. The molecule has 1 amide bonds. The number of hydrogen-bond donors (Lipinski definition) is 0. The molecule has 3 aliphatic rings. The van der Waals surface area contributed by atoms with Gasteiger partial charge in [-0.25, -0.2) is 22.0 Å². The molecule has 0 N–H and O–H groups in total. The number of hydroxylamine groups is 1. The van der Waals surface area contributed by atoms with Crippen LogP contribution in [0.15, 0.2) is 30.3 Å². The highest BCUT2D eigenvalue weighted by molar-refractivity contribution is 7.90. The summed E-state index contributed by atoms with van der Waals surface area (Å²) in [5, 5.41) is -0.928. The number of rotatable bonds is 9. The molecule has 0 atom stereocenters. The van der Waals surface area contributed by atoms with Crippen molar-refractivity contribution in [2.24, 2.45) is 0 Å². The first-order chi connectivity index (χ1) is 20.2. The lowest BCUT2D eigenvalue weighted by Gasteiger charge is -2.32. The molecule has 2 aliphatic carbocycles. The Bertz CT molecular complexity index is 1510. The van der Waals surface area contributed by atoms with Crippen molar-refractivity contribution >= 4 is 33.5 Å². The number of likely N-dealkylation sites (tertiary alicyclic amines) is 1. The second-order valence-corrected chi connectivity index (χ2v) is 13.4. The van der Waals surface area contributed by atoms with Crippen LogP contribution in [0.3, 0.4) is 0 Å². The maximum Gasteiger partial charge on any atom is 0.493 e. The fourth-order valence-electron chi connectivity index (χ4n) is 4.96. The Kier molecular flexibility index (Phi) is 9.04. The predicted molar refractivity (Wildman–Crippen MR) is 143 cm³/mol. The molecular weight excluding hydrogens is 623 g/mol. The highest BCUT2D eigenvalue weighted by Crippen LogP contribution is 2.43. The molecule has 234 valence electrons. The Hall–Kier alpha value is -2.81. The van der Waals surface area contributed by atoms with Gasteiger partial charge in [0.25, 0.3) is 10.0 Å². The molecule has 0 spiro atoms. The van der Waals surface area contributed by atoms with Gasteiger partial charge in [0, 0.05) is 24.7 Å². The van der Waals surface area contributed by atoms with Crippen molar-refractivity contribution in [3.8, 4) is 0 Å². The van der Waals surface area contributed by atoms with E-state index in [1.54, 1.807) is 6.07 Å². The van der Waals surface area contributed by atoms with Crippen molar-refractivity contribution in [3.05, 3.63) is 69.2 Å². The summed E-state index contributed by atoms with van der Waals surface area (Å²) in [6.07, 6.45) is -2.73. The molecule has 43 heavy (non-hydrogen) atoms. The van der Waals surface area contributed by atoms with E-state index in [0.29, 0.717) is 49.2 Å². The number of piperidine rings is 1. The zero-order valence-corrected chi connectivity index (χ0v) is 24.3. The van der Waals surface area contributed by atoms with Gasteiger partial charge in [0.1, 0.15) is 11.6 Å². The number of hydrogen-bond acceptors (Lipinski definition) is 7. The van der Waals surface area contributed by atoms with E-state index in [4.69, 9.17) is 16.3 Å². The predicted octanol–water partition coefficient (Wildman–Crippen LogP) is 5.63. The minimum absolute atomic E-state index is 0.0327. The second kappa shape index (κ2) is 12.3. The Morgan fingerprint density at radius 3 is 2.23 bits per heavy atom. The van der Waals surface area contributed by atoms with Gasteiger partial charge in [-0.05, 0) is 85.4 Å². The van der Waals surface area contributed by atoms with Crippen molar-refractivity contribution in [3.63, 3.8) is 0 Å². The number of carbonyl (C=O) groups excluding carboxylic acids is 2. The zero-order valence-electron chi connectivity index (χ0n) is 22.7. The van der Waals surface area contributed by atoms with Crippen LogP contribution in [0.2, 0.25) is 5.02 Å². The number of amides is 1. The van der Waals surface area contributed by atoms with Crippen LogP contribution in [0.5, 0.6) is 0 Å². The summed E-state index contributed by atoms with van der Waals surface area (Å²) in [6.45, 7) is 1.76. The summed E-state index contributed by atoms with van der Waals surface area (Å²) in [5.74, 6) is -6.22. The van der Waals surface area contributed by atoms with E-state index < -0.39 is 55.0 Å². The number of benzene rings is 2. The molecule has 0 bridgehead atoms. The average Bonchev–Trinajstić information content (AvgIpc) is 3.84. The lowest BCUT2D eigenvalue weighted by Crippen LogP contribution is -2.44. The number of sulfonamides is 1. The van der Waals surface area contributed by atoms with Crippen LogP contribution in [0.25, 0.3) is 0 Å². The van der Waals surface area contributed by atoms with Gasteiger partial charge in [0.05, 0.1) is 23.5 Å². The zero-order chi connectivity index (χ0) is 31.1. The molecule has 0 radical (unpaired) electrons. The Balaban J connectivity index is 1.28. The van der Waals surface area contributed by atoms with Crippen LogP contribution < -0.4 is 0 Å². The van der Waals surface area contributed by atoms with Gasteiger partial charge >= 0.3 is 18.1 Å². The maximum atomic E-state index is 15.4. The van der Waals surface area contributed by atoms with Crippen molar-refractivity contribution in [2.75, 3.05) is 13.1 Å². The highest BCUT2D eigenvalue weighted by Gasteiger charge is 2.50. The van der Waals surface area contributed by atoms with Crippen LogP contribution in [0.4, 0.5) is 22.0 Å². The first-order valence-corrected chi connectivity index (χ1v) is 15.6. The minimum atomic E-state index is -5.58. The Morgan fingerprint density at radius 2 is 1.65 bits per heavy atom. The van der Waals surface area contributed by atoms with Gasteiger partial charge in [-0.15, -0.1) is 0 Å². The van der Waals surface area contributed by atoms with Gasteiger partial charge in [0.2, 0.25) is 0 Å². The first-order valence-electron chi connectivity index (χ1n) is 13.7. The van der Waals surface area contributed by atoms with Crippen molar-refractivity contribution in [2.45, 2.75) is 75.1 Å². The highest BCUT2D eigenvalue weighted by atomic mass is 35.5. The van der Waals surface area contributed by atoms with Crippen LogP contribution in [-0.2, 0) is 37.5 Å². The fraction of sp³-hybridized carbons (Fsp3) is 0.500. The van der Waals surface area contributed by atoms with Crippen LogP contribution in [0.1, 0.15) is 71.5 Å². The summed E-state index contributed by atoms with van der Waals surface area (Å²) >= 11 is 6.07. The van der Waals surface area contributed by atoms with E-state index in [2.05, 4.69) is 9.74 Å². The van der Waals surface area contributed by atoms with Gasteiger partial charge in [-0.1, -0.05) is 22.1 Å². The average molecular weight is 651 g/mol. The molecule has 1 aliphatic heterocycles. The molecule has 0 aromatic heterocycles. The molecule has 2 saturated carbocycles. The topological polar surface area (TPSA) is 93.2 Å². The largest absolute Gasteiger partial charge is 0.493 e. The third-order valence-corrected chi connectivity index (χ3v) is 10.0. The first kappa shape index (κ1) is 31.6. The second-order valence-electron chi connectivity index (χ2n) is 11.0. The molecule has 1 heterocycles. The number of carbonyl (C=O) groups is 2. The molecule has 2 aromatic rings. The molecule has 3 fully saturated rings. The Labute approximate surface area is 249 Å². The molecule has 5 rings (SSSR count). The number of nitrogens with zero attached hydrogens (tertiary/aromatic N) is 2. The van der Waals surface area contributed by atoms with E-state index >= 15 is 4.39 Å². The van der Waals surface area contributed by atoms with E-state index in [-0.39, 0.29) is 36.5 Å². The third-order valence-electron chi connectivity index (χ3n) is 7.63. The number of halogens is 6. The fourth-order valence-corrected chi connectivity index (χ4v) is 6.69. The van der Waals surface area contributed by atoms with Gasteiger partial charge in [-0.3, -0.25) is 9.69 Å².